The first-order valence-corrected chi connectivity index (χ1v) is 23.7. The van der Waals surface area contributed by atoms with Gasteiger partial charge in [-0.3, -0.25) is 0 Å². The van der Waals surface area contributed by atoms with E-state index in [9.17, 15) is 0 Å². The van der Waals surface area contributed by atoms with E-state index in [1.807, 2.05) is 6.07 Å². The highest BCUT2D eigenvalue weighted by molar-refractivity contribution is 6.11. The maximum absolute atomic E-state index is 6.43. The van der Waals surface area contributed by atoms with E-state index in [1.54, 1.807) is 0 Å². The Bertz CT molecular complexity index is 4100. The van der Waals surface area contributed by atoms with Crippen LogP contribution >= 0.6 is 0 Å². The third-order valence-corrected chi connectivity index (χ3v) is 14.3. The predicted octanol–water partition coefficient (Wildman–Crippen LogP) is 17.4. The zero-order valence-corrected chi connectivity index (χ0v) is 37.6. The molecule has 2 heterocycles. The Morgan fingerprint density at radius 2 is 0.942 bits per heavy atom. The second kappa shape index (κ2) is 15.5. The van der Waals surface area contributed by atoms with Gasteiger partial charge < -0.3 is 18.8 Å². The summed E-state index contributed by atoms with van der Waals surface area (Å²) in [4.78, 5) is 5.00. The zero-order chi connectivity index (χ0) is 45.5. The molecule has 14 rings (SSSR count). The normalized spacial score (nSPS) is 14.1. The van der Waals surface area contributed by atoms with Crippen LogP contribution in [-0.2, 0) is 5.54 Å². The standard InChI is InChI=1S/C65H43N3O/c1-4-20-46(21-5-1)65(68(48-24-8-3-9-25-48)52-36-39-64-58(41-52)57-28-14-17-31-63(57)69-64)59-29-15-12-26-53(59)54-37-34-50(42-60(54)65)66(47-22-6-2-7-23-47)51-35-38-56-55-27-13-16-30-61(55)67(62(56)43-51)49-33-32-44-18-10-11-19-45(44)40-49/h1-43H. The molecule has 2 aromatic heterocycles. The molecule has 0 N–H and O–H groups in total. The lowest BCUT2D eigenvalue weighted by Gasteiger charge is -2.45. The molecule has 0 radical (unpaired) electrons. The van der Waals surface area contributed by atoms with E-state index in [2.05, 4.69) is 269 Å². The number of benzene rings is 11. The molecule has 0 saturated carbocycles. The second-order valence-corrected chi connectivity index (χ2v) is 18.1. The lowest BCUT2D eigenvalue weighted by atomic mass is 9.78. The Kier molecular flexibility index (Phi) is 8.77. The van der Waals surface area contributed by atoms with Gasteiger partial charge >= 0.3 is 0 Å². The molecule has 4 nitrogen and oxygen atoms in total. The number of hydrogen-bond donors (Lipinski definition) is 0. The Labute approximate surface area is 399 Å². The van der Waals surface area contributed by atoms with Gasteiger partial charge in [0, 0.05) is 55.7 Å². The molecule has 0 fully saturated rings. The van der Waals surface area contributed by atoms with Crippen molar-refractivity contribution in [3.8, 4) is 16.8 Å². The van der Waals surface area contributed by atoms with Crippen molar-refractivity contribution in [2.45, 2.75) is 5.54 Å². The molecule has 324 valence electrons. The summed E-state index contributed by atoms with van der Waals surface area (Å²) in [7, 11) is 0. The minimum atomic E-state index is -0.813. The first kappa shape index (κ1) is 39.1. The van der Waals surface area contributed by atoms with Gasteiger partial charge in [-0.05, 0) is 130 Å². The van der Waals surface area contributed by atoms with Crippen molar-refractivity contribution in [3.05, 3.63) is 278 Å². The molecule has 0 bridgehead atoms. The van der Waals surface area contributed by atoms with Gasteiger partial charge in [0.2, 0.25) is 0 Å². The summed E-state index contributed by atoms with van der Waals surface area (Å²) in [6.07, 6.45) is 0. The van der Waals surface area contributed by atoms with Crippen molar-refractivity contribution in [2.75, 3.05) is 9.80 Å². The maximum Gasteiger partial charge on any atom is 0.135 e. The van der Waals surface area contributed by atoms with Gasteiger partial charge in [-0.15, -0.1) is 0 Å². The van der Waals surface area contributed by atoms with Crippen LogP contribution in [0.2, 0.25) is 0 Å². The molecule has 13 aromatic rings. The lowest BCUT2D eigenvalue weighted by Crippen LogP contribution is -2.44. The highest BCUT2D eigenvalue weighted by atomic mass is 16.3. The average Bonchev–Trinajstić information content (AvgIpc) is 4.05. The van der Waals surface area contributed by atoms with Crippen LogP contribution in [0, 0.1) is 0 Å². The van der Waals surface area contributed by atoms with E-state index in [4.69, 9.17) is 4.42 Å². The average molecular weight is 882 g/mol. The third kappa shape index (κ3) is 5.95. The first-order chi connectivity index (χ1) is 34.2. The summed E-state index contributed by atoms with van der Waals surface area (Å²) in [5.74, 6) is 0. The summed E-state index contributed by atoms with van der Waals surface area (Å²) in [6, 6.07) is 95.1. The number of para-hydroxylation sites is 4. The van der Waals surface area contributed by atoms with Crippen molar-refractivity contribution in [3.63, 3.8) is 0 Å². The number of fused-ring (bicyclic) bond motifs is 10. The first-order valence-electron chi connectivity index (χ1n) is 23.7. The smallest absolute Gasteiger partial charge is 0.135 e. The van der Waals surface area contributed by atoms with E-state index in [0.29, 0.717) is 0 Å². The van der Waals surface area contributed by atoms with Crippen molar-refractivity contribution >= 4 is 83.0 Å². The Morgan fingerprint density at radius 1 is 0.333 bits per heavy atom. The van der Waals surface area contributed by atoms with E-state index >= 15 is 0 Å². The maximum atomic E-state index is 6.43. The SMILES string of the molecule is c1ccc(N(c2ccc3c(c2)C(c2ccccc2)(N(c2ccccc2)c2ccc4oc5ccccc5c4c2)c2ccccc2-3)c2ccc3c4ccccc4n(-c4ccc5ccccc5c4)c3c2)cc1. The molecule has 0 amide bonds. The van der Waals surface area contributed by atoms with Gasteiger partial charge in [-0.25, -0.2) is 0 Å². The molecule has 1 unspecified atom stereocenters. The summed E-state index contributed by atoms with van der Waals surface area (Å²) in [5, 5.41) is 7.06. The Hall–Kier alpha value is -9.12. The van der Waals surface area contributed by atoms with Crippen molar-refractivity contribution in [1.82, 2.24) is 4.57 Å². The van der Waals surface area contributed by atoms with Crippen LogP contribution in [0.25, 0.3) is 71.3 Å². The number of furan rings is 1. The number of aromatic nitrogens is 1. The Morgan fingerprint density at radius 3 is 1.78 bits per heavy atom. The molecule has 11 aromatic carbocycles. The fourth-order valence-corrected chi connectivity index (χ4v) is 11.4. The van der Waals surface area contributed by atoms with Crippen molar-refractivity contribution in [2.24, 2.45) is 0 Å². The molecule has 4 heteroatoms. The largest absolute Gasteiger partial charge is 0.456 e. The molecule has 1 aliphatic rings. The number of rotatable bonds is 8. The summed E-state index contributed by atoms with van der Waals surface area (Å²) in [5.41, 5.74) is 15.7. The fraction of sp³-hybridized carbons (Fsp3) is 0.0154. The third-order valence-electron chi connectivity index (χ3n) is 14.3. The molecular formula is C65H43N3O. The minimum absolute atomic E-state index is 0.813. The highest BCUT2D eigenvalue weighted by Crippen LogP contribution is 2.59. The quantitative estimate of drug-likeness (QED) is 0.152. The van der Waals surface area contributed by atoms with Crippen molar-refractivity contribution in [1.29, 1.82) is 0 Å². The van der Waals surface area contributed by atoms with Crippen LogP contribution in [0.3, 0.4) is 0 Å². The molecule has 0 saturated heterocycles. The van der Waals surface area contributed by atoms with Gasteiger partial charge in [0.25, 0.3) is 0 Å². The lowest BCUT2D eigenvalue weighted by molar-refractivity contribution is 0.643. The minimum Gasteiger partial charge on any atom is -0.456 e. The van der Waals surface area contributed by atoms with Crippen LogP contribution in [0.15, 0.2) is 265 Å². The van der Waals surface area contributed by atoms with E-state index in [0.717, 1.165) is 61.6 Å². The van der Waals surface area contributed by atoms with Gasteiger partial charge in [-0.2, -0.15) is 0 Å². The molecule has 1 atom stereocenters. The molecule has 1 aliphatic carbocycles. The van der Waals surface area contributed by atoms with Gasteiger partial charge in [-0.1, -0.05) is 170 Å². The topological polar surface area (TPSA) is 24.6 Å². The van der Waals surface area contributed by atoms with Gasteiger partial charge in [0.05, 0.1) is 11.0 Å². The monoisotopic (exact) mass is 881 g/mol. The van der Waals surface area contributed by atoms with E-state index in [-0.39, 0.29) is 0 Å². The van der Waals surface area contributed by atoms with Crippen molar-refractivity contribution < 1.29 is 4.42 Å². The number of anilines is 5. The summed E-state index contributed by atoms with van der Waals surface area (Å²) in [6.45, 7) is 0. The van der Waals surface area contributed by atoms with E-state index in [1.165, 1.54) is 54.9 Å². The molecule has 69 heavy (non-hydrogen) atoms. The molecular weight excluding hydrogens is 839 g/mol. The number of nitrogens with zero attached hydrogens (tertiary/aromatic N) is 3. The predicted molar refractivity (Wildman–Crippen MR) is 287 cm³/mol. The fourth-order valence-electron chi connectivity index (χ4n) is 11.4. The summed E-state index contributed by atoms with van der Waals surface area (Å²) < 4.78 is 8.87. The van der Waals surface area contributed by atoms with Crippen LogP contribution in [0.5, 0.6) is 0 Å². The number of hydrogen-bond acceptors (Lipinski definition) is 3. The van der Waals surface area contributed by atoms with E-state index < -0.39 is 5.54 Å². The zero-order valence-electron chi connectivity index (χ0n) is 37.6. The highest BCUT2D eigenvalue weighted by Gasteiger charge is 2.50. The van der Waals surface area contributed by atoms with Crippen LogP contribution in [0.1, 0.15) is 16.7 Å². The Balaban J connectivity index is 1.04. The van der Waals surface area contributed by atoms with Crippen LogP contribution in [-0.4, -0.2) is 4.57 Å². The van der Waals surface area contributed by atoms with Crippen LogP contribution in [0.4, 0.5) is 28.4 Å². The molecule has 0 aliphatic heterocycles. The van der Waals surface area contributed by atoms with Gasteiger partial charge in [0.1, 0.15) is 16.7 Å². The summed E-state index contributed by atoms with van der Waals surface area (Å²) >= 11 is 0. The second-order valence-electron chi connectivity index (χ2n) is 18.1. The molecule has 0 spiro atoms. The van der Waals surface area contributed by atoms with Crippen LogP contribution < -0.4 is 9.80 Å². The van der Waals surface area contributed by atoms with Gasteiger partial charge in [0.15, 0.2) is 0 Å².